The Balaban J connectivity index is 1.74. The summed E-state index contributed by atoms with van der Waals surface area (Å²) >= 11 is 0. The molecule has 0 aliphatic heterocycles. The molecule has 2 aromatic rings. The first kappa shape index (κ1) is 21.4. The van der Waals surface area contributed by atoms with Gasteiger partial charge in [-0.2, -0.15) is 13.2 Å². The van der Waals surface area contributed by atoms with E-state index in [1.807, 2.05) is 6.07 Å². The molecular formula is C24H28F3NO. The van der Waals surface area contributed by atoms with Crippen molar-refractivity contribution in [3.63, 3.8) is 0 Å². The van der Waals surface area contributed by atoms with Crippen LogP contribution in [0.25, 0.3) is 0 Å². The van der Waals surface area contributed by atoms with Gasteiger partial charge < -0.3 is 5.32 Å². The highest BCUT2D eigenvalue weighted by molar-refractivity contribution is 5.94. The third kappa shape index (κ3) is 5.40. The van der Waals surface area contributed by atoms with Crippen LogP contribution in [-0.2, 0) is 12.7 Å². The first-order chi connectivity index (χ1) is 13.8. The standard InChI is InChI=1S/C24H28F3NO/c1-16(2)21-12-11-17(13-22(21)18-7-4-3-5-8-18)15-28-23(29)19-9-6-10-20(14-19)24(25,26)27/h6,9-14,16,18H,3-5,7-8,15H2,1-2H3,(H,28,29). The molecule has 1 saturated carbocycles. The molecule has 3 rings (SSSR count). The Hall–Kier alpha value is -2.30. The molecule has 2 nitrogen and oxygen atoms in total. The van der Waals surface area contributed by atoms with Crippen LogP contribution in [0.4, 0.5) is 13.2 Å². The summed E-state index contributed by atoms with van der Waals surface area (Å²) in [6.07, 6.45) is 1.72. The Morgan fingerprint density at radius 3 is 2.45 bits per heavy atom. The maximum atomic E-state index is 12.9. The van der Waals surface area contributed by atoms with Crippen molar-refractivity contribution in [1.29, 1.82) is 0 Å². The molecule has 0 saturated heterocycles. The van der Waals surface area contributed by atoms with E-state index in [9.17, 15) is 18.0 Å². The zero-order valence-corrected chi connectivity index (χ0v) is 17.0. The largest absolute Gasteiger partial charge is 0.416 e. The number of carbonyl (C=O) groups is 1. The van der Waals surface area contributed by atoms with Gasteiger partial charge in [-0.3, -0.25) is 4.79 Å². The van der Waals surface area contributed by atoms with Crippen molar-refractivity contribution in [2.24, 2.45) is 0 Å². The van der Waals surface area contributed by atoms with Crippen LogP contribution in [0, 0.1) is 0 Å². The van der Waals surface area contributed by atoms with Gasteiger partial charge in [-0.25, -0.2) is 0 Å². The molecule has 2 aromatic carbocycles. The number of benzene rings is 2. The highest BCUT2D eigenvalue weighted by Crippen LogP contribution is 2.37. The van der Waals surface area contributed by atoms with Gasteiger partial charge in [-0.1, -0.05) is 57.4 Å². The molecule has 29 heavy (non-hydrogen) atoms. The molecule has 1 fully saturated rings. The molecule has 0 unspecified atom stereocenters. The lowest BCUT2D eigenvalue weighted by atomic mass is 9.79. The first-order valence-electron chi connectivity index (χ1n) is 10.3. The third-order valence-corrected chi connectivity index (χ3v) is 5.72. The zero-order valence-electron chi connectivity index (χ0n) is 17.0. The molecule has 5 heteroatoms. The maximum absolute atomic E-state index is 12.9. The number of hydrogen-bond donors (Lipinski definition) is 1. The summed E-state index contributed by atoms with van der Waals surface area (Å²) in [5, 5.41) is 2.77. The molecule has 0 aromatic heterocycles. The summed E-state index contributed by atoms with van der Waals surface area (Å²) in [5.41, 5.74) is 2.91. The predicted octanol–water partition coefficient (Wildman–Crippen LogP) is 6.81. The molecular weight excluding hydrogens is 375 g/mol. The molecule has 1 amide bonds. The predicted molar refractivity (Wildman–Crippen MR) is 109 cm³/mol. The van der Waals surface area contributed by atoms with Crippen molar-refractivity contribution >= 4 is 5.91 Å². The monoisotopic (exact) mass is 403 g/mol. The lowest BCUT2D eigenvalue weighted by Gasteiger charge is -2.26. The lowest BCUT2D eigenvalue weighted by molar-refractivity contribution is -0.137. The van der Waals surface area contributed by atoms with Gasteiger partial charge >= 0.3 is 6.18 Å². The molecule has 0 bridgehead atoms. The number of carbonyl (C=O) groups excluding carboxylic acids is 1. The minimum absolute atomic E-state index is 0.0196. The van der Waals surface area contributed by atoms with Crippen LogP contribution >= 0.6 is 0 Å². The topological polar surface area (TPSA) is 29.1 Å². The van der Waals surface area contributed by atoms with Crippen molar-refractivity contribution in [1.82, 2.24) is 5.32 Å². The minimum atomic E-state index is -4.46. The van der Waals surface area contributed by atoms with Gasteiger partial charge in [0.2, 0.25) is 0 Å². The van der Waals surface area contributed by atoms with E-state index >= 15 is 0 Å². The van der Waals surface area contributed by atoms with Crippen LogP contribution in [0.15, 0.2) is 42.5 Å². The second-order valence-electron chi connectivity index (χ2n) is 8.21. The SMILES string of the molecule is CC(C)c1ccc(CNC(=O)c2cccc(C(F)(F)F)c2)cc1C1CCCCC1. The molecule has 0 atom stereocenters. The zero-order chi connectivity index (χ0) is 21.0. The van der Waals surface area contributed by atoms with Gasteiger partial charge in [0.25, 0.3) is 5.91 Å². The average Bonchev–Trinajstić information content (AvgIpc) is 2.72. The summed E-state index contributed by atoms with van der Waals surface area (Å²) in [7, 11) is 0. The van der Waals surface area contributed by atoms with Crippen molar-refractivity contribution in [3.05, 3.63) is 70.3 Å². The second kappa shape index (κ2) is 9.02. The molecule has 1 N–H and O–H groups in total. The van der Waals surface area contributed by atoms with Crippen LogP contribution in [0.3, 0.4) is 0 Å². The summed E-state index contributed by atoms with van der Waals surface area (Å²) in [6, 6.07) is 10.9. The summed E-state index contributed by atoms with van der Waals surface area (Å²) < 4.78 is 38.6. The maximum Gasteiger partial charge on any atom is 0.416 e. The third-order valence-electron chi connectivity index (χ3n) is 5.72. The fourth-order valence-electron chi connectivity index (χ4n) is 4.15. The van der Waals surface area contributed by atoms with E-state index in [4.69, 9.17) is 0 Å². The van der Waals surface area contributed by atoms with Crippen molar-refractivity contribution in [3.8, 4) is 0 Å². The Morgan fingerprint density at radius 1 is 1.07 bits per heavy atom. The second-order valence-corrected chi connectivity index (χ2v) is 8.21. The van der Waals surface area contributed by atoms with E-state index in [0.717, 1.165) is 17.7 Å². The smallest absolute Gasteiger partial charge is 0.348 e. The van der Waals surface area contributed by atoms with Crippen LogP contribution in [-0.4, -0.2) is 5.91 Å². The van der Waals surface area contributed by atoms with Crippen molar-refractivity contribution in [2.45, 2.75) is 70.5 Å². The number of nitrogens with one attached hydrogen (secondary N) is 1. The lowest BCUT2D eigenvalue weighted by Crippen LogP contribution is -2.23. The number of amides is 1. The fourth-order valence-corrected chi connectivity index (χ4v) is 4.15. The normalized spacial score (nSPS) is 15.5. The molecule has 0 heterocycles. The molecule has 0 radical (unpaired) electrons. The quantitative estimate of drug-likeness (QED) is 0.584. The van der Waals surface area contributed by atoms with E-state index < -0.39 is 17.6 Å². The number of halogens is 3. The molecule has 1 aliphatic carbocycles. The molecule has 0 spiro atoms. The highest BCUT2D eigenvalue weighted by Gasteiger charge is 2.30. The van der Waals surface area contributed by atoms with E-state index in [1.54, 1.807) is 0 Å². The Kier molecular flexibility index (Phi) is 6.66. The number of rotatable bonds is 5. The van der Waals surface area contributed by atoms with Crippen molar-refractivity contribution < 1.29 is 18.0 Å². The van der Waals surface area contributed by atoms with Gasteiger partial charge in [0.05, 0.1) is 5.56 Å². The van der Waals surface area contributed by atoms with Gasteiger partial charge in [-0.15, -0.1) is 0 Å². The average molecular weight is 403 g/mol. The number of hydrogen-bond acceptors (Lipinski definition) is 1. The first-order valence-corrected chi connectivity index (χ1v) is 10.3. The highest BCUT2D eigenvalue weighted by atomic mass is 19.4. The van der Waals surface area contributed by atoms with Gasteiger partial charge in [-0.05, 0) is 59.6 Å². The van der Waals surface area contributed by atoms with E-state index in [-0.39, 0.29) is 5.56 Å². The van der Waals surface area contributed by atoms with Crippen LogP contribution in [0.1, 0.15) is 90.4 Å². The Morgan fingerprint density at radius 2 is 1.79 bits per heavy atom. The van der Waals surface area contributed by atoms with Crippen molar-refractivity contribution in [2.75, 3.05) is 0 Å². The van der Waals surface area contributed by atoms with Crippen LogP contribution in [0.2, 0.25) is 0 Å². The molecule has 156 valence electrons. The Labute approximate surface area is 170 Å². The minimum Gasteiger partial charge on any atom is -0.348 e. The van der Waals surface area contributed by atoms with E-state index in [1.165, 1.54) is 55.4 Å². The van der Waals surface area contributed by atoms with Crippen LogP contribution < -0.4 is 5.32 Å². The summed E-state index contributed by atoms with van der Waals surface area (Å²) in [5.74, 6) is 0.490. The fraction of sp³-hybridized carbons (Fsp3) is 0.458. The number of alkyl halides is 3. The van der Waals surface area contributed by atoms with Gasteiger partial charge in [0.15, 0.2) is 0 Å². The molecule has 1 aliphatic rings. The Bertz CT molecular complexity index is 851. The summed E-state index contributed by atoms with van der Waals surface area (Å²) in [4.78, 5) is 12.4. The van der Waals surface area contributed by atoms with Gasteiger partial charge in [0, 0.05) is 12.1 Å². The van der Waals surface area contributed by atoms with E-state index in [0.29, 0.717) is 18.4 Å². The summed E-state index contributed by atoms with van der Waals surface area (Å²) in [6.45, 7) is 4.68. The van der Waals surface area contributed by atoms with E-state index in [2.05, 4.69) is 31.3 Å². The van der Waals surface area contributed by atoms with Crippen LogP contribution in [0.5, 0.6) is 0 Å². The van der Waals surface area contributed by atoms with Gasteiger partial charge in [0.1, 0.15) is 0 Å².